The average Bonchev–Trinajstić information content (AvgIpc) is 2.83. The van der Waals surface area contributed by atoms with Crippen molar-refractivity contribution in [3.05, 3.63) is 12.2 Å². The first-order chi connectivity index (χ1) is 16.5. The molecule has 0 amide bonds. The molecular formula is C27H51NO6. The Balaban J connectivity index is 3.45. The molecule has 0 saturated carbocycles. The molecular weight excluding hydrogens is 434 g/mol. The van der Waals surface area contributed by atoms with Crippen LogP contribution in [0.5, 0.6) is 0 Å². The molecule has 0 aromatic carbocycles. The minimum absolute atomic E-state index is 0.104. The Morgan fingerprint density at radius 3 is 1.62 bits per heavy atom. The quantitative estimate of drug-likeness (QED) is 0.104. The van der Waals surface area contributed by atoms with Gasteiger partial charge in [0.25, 0.3) is 0 Å². The summed E-state index contributed by atoms with van der Waals surface area (Å²) in [6, 6.07) is 0.228. The number of nitrogens with zero attached hydrogens (tertiary/aromatic N) is 1. The van der Waals surface area contributed by atoms with E-state index in [0.29, 0.717) is 39.1 Å². The van der Waals surface area contributed by atoms with Crippen molar-refractivity contribution in [1.82, 2.24) is 4.90 Å². The molecule has 0 aliphatic carbocycles. The van der Waals surface area contributed by atoms with Gasteiger partial charge in [0.05, 0.1) is 33.5 Å². The lowest BCUT2D eigenvalue weighted by Gasteiger charge is -2.24. The van der Waals surface area contributed by atoms with Gasteiger partial charge >= 0.3 is 11.9 Å². The first-order valence-corrected chi connectivity index (χ1v) is 13.1. The van der Waals surface area contributed by atoms with Crippen LogP contribution in [0.2, 0.25) is 0 Å². The Labute approximate surface area is 208 Å². The van der Waals surface area contributed by atoms with Crippen LogP contribution in [0.15, 0.2) is 12.2 Å². The Morgan fingerprint density at radius 1 is 0.647 bits per heavy atom. The molecule has 0 aliphatic heterocycles. The molecule has 0 aromatic heterocycles. The van der Waals surface area contributed by atoms with E-state index in [1.807, 2.05) is 14.1 Å². The third-order valence-electron chi connectivity index (χ3n) is 5.80. The van der Waals surface area contributed by atoms with Gasteiger partial charge in [0.1, 0.15) is 0 Å². The fraction of sp³-hybridized carbons (Fsp3) is 0.852. The minimum Gasteiger partial charge on any atom is -0.469 e. The second-order valence-corrected chi connectivity index (χ2v) is 9.00. The summed E-state index contributed by atoms with van der Waals surface area (Å²) in [6.07, 6.45) is 19.1. The summed E-state index contributed by atoms with van der Waals surface area (Å²) in [4.78, 5) is 24.2. The lowest BCUT2D eigenvalue weighted by Crippen LogP contribution is -2.37. The molecule has 0 rings (SSSR count). The van der Waals surface area contributed by atoms with Crippen LogP contribution in [0, 0.1) is 0 Å². The molecule has 0 aliphatic rings. The van der Waals surface area contributed by atoms with Crippen molar-refractivity contribution in [2.45, 2.75) is 95.9 Å². The van der Waals surface area contributed by atoms with E-state index >= 15 is 0 Å². The summed E-state index contributed by atoms with van der Waals surface area (Å²) in [5.41, 5.74) is 0. The number of ether oxygens (including phenoxy) is 4. The highest BCUT2D eigenvalue weighted by Gasteiger charge is 2.12. The Kier molecular flexibility index (Phi) is 23.6. The molecule has 34 heavy (non-hydrogen) atoms. The van der Waals surface area contributed by atoms with Crippen LogP contribution in [0.3, 0.4) is 0 Å². The third kappa shape index (κ3) is 22.4. The van der Waals surface area contributed by atoms with Crippen molar-refractivity contribution in [1.29, 1.82) is 0 Å². The topological polar surface area (TPSA) is 74.3 Å². The Morgan fingerprint density at radius 2 is 1.09 bits per heavy atom. The van der Waals surface area contributed by atoms with Crippen LogP contribution in [-0.2, 0) is 28.5 Å². The maximum absolute atomic E-state index is 11.1. The molecule has 0 heterocycles. The first-order valence-electron chi connectivity index (χ1n) is 13.1. The summed E-state index contributed by atoms with van der Waals surface area (Å²) in [7, 11) is 6.92. The number of carbonyl (C=O) groups excluding carboxylic acids is 2. The van der Waals surface area contributed by atoms with Crippen LogP contribution in [0.1, 0.15) is 89.9 Å². The van der Waals surface area contributed by atoms with Crippen molar-refractivity contribution < 1.29 is 28.5 Å². The van der Waals surface area contributed by atoms with E-state index < -0.39 is 0 Å². The molecule has 0 fully saturated rings. The highest BCUT2D eigenvalue weighted by Crippen LogP contribution is 2.09. The van der Waals surface area contributed by atoms with Crippen LogP contribution >= 0.6 is 0 Å². The van der Waals surface area contributed by atoms with E-state index in [-0.39, 0.29) is 18.0 Å². The fourth-order valence-electron chi connectivity index (χ4n) is 3.43. The molecule has 1 unspecified atom stereocenters. The number of hydrogen-bond donors (Lipinski definition) is 0. The summed E-state index contributed by atoms with van der Waals surface area (Å²) < 4.78 is 20.8. The van der Waals surface area contributed by atoms with Gasteiger partial charge in [0, 0.05) is 26.1 Å². The Hall–Kier alpha value is -1.44. The highest BCUT2D eigenvalue weighted by atomic mass is 16.5. The maximum Gasteiger partial charge on any atom is 0.305 e. The largest absolute Gasteiger partial charge is 0.469 e. The van der Waals surface area contributed by atoms with Crippen LogP contribution < -0.4 is 0 Å². The number of rotatable bonds is 24. The number of allylic oxidation sites excluding steroid dienone is 2. The summed E-state index contributed by atoms with van der Waals surface area (Å²) in [5, 5.41) is 0. The van der Waals surface area contributed by atoms with Gasteiger partial charge in [0.2, 0.25) is 0 Å². The molecule has 7 heteroatoms. The van der Waals surface area contributed by atoms with Crippen LogP contribution in [-0.4, -0.2) is 77.6 Å². The zero-order valence-electron chi connectivity index (χ0n) is 22.4. The van der Waals surface area contributed by atoms with E-state index in [4.69, 9.17) is 9.47 Å². The predicted octanol–water partition coefficient (Wildman–Crippen LogP) is 5.31. The van der Waals surface area contributed by atoms with Gasteiger partial charge in [-0.1, -0.05) is 44.3 Å². The lowest BCUT2D eigenvalue weighted by atomic mass is 10.1. The molecule has 0 N–H and O–H groups in total. The average molecular weight is 486 g/mol. The Bertz CT molecular complexity index is 509. The number of esters is 2. The molecule has 1 atom stereocenters. The number of unbranched alkanes of at least 4 members (excludes halogenated alkanes) is 9. The maximum atomic E-state index is 11.1. The smallest absolute Gasteiger partial charge is 0.305 e. The van der Waals surface area contributed by atoms with Gasteiger partial charge in [-0.15, -0.1) is 0 Å². The molecule has 0 aromatic rings. The molecule has 0 spiro atoms. The van der Waals surface area contributed by atoms with Crippen LogP contribution in [0.4, 0.5) is 0 Å². The van der Waals surface area contributed by atoms with Gasteiger partial charge in [-0.2, -0.15) is 0 Å². The first kappa shape index (κ1) is 32.6. The summed E-state index contributed by atoms with van der Waals surface area (Å²) in [5.74, 6) is -0.294. The molecule has 0 radical (unpaired) electrons. The van der Waals surface area contributed by atoms with E-state index in [2.05, 4.69) is 26.5 Å². The third-order valence-corrected chi connectivity index (χ3v) is 5.80. The molecule has 7 nitrogen and oxygen atoms in total. The van der Waals surface area contributed by atoms with E-state index in [1.165, 1.54) is 52.7 Å². The van der Waals surface area contributed by atoms with E-state index in [9.17, 15) is 9.59 Å². The molecule has 0 bridgehead atoms. The second kappa shape index (κ2) is 24.7. The number of likely N-dealkylation sites (N-methyl/N-ethyl adjacent to an activating group) is 1. The molecule has 0 saturated heterocycles. The normalized spacial score (nSPS) is 12.4. The van der Waals surface area contributed by atoms with Gasteiger partial charge < -0.3 is 23.8 Å². The van der Waals surface area contributed by atoms with Crippen molar-refractivity contribution in [3.8, 4) is 0 Å². The van der Waals surface area contributed by atoms with Crippen molar-refractivity contribution >= 4 is 11.9 Å². The number of carbonyl (C=O) groups is 2. The van der Waals surface area contributed by atoms with E-state index in [0.717, 1.165) is 38.7 Å². The lowest BCUT2D eigenvalue weighted by molar-refractivity contribution is -0.141. The monoisotopic (exact) mass is 485 g/mol. The zero-order chi connectivity index (χ0) is 25.3. The fourth-order valence-corrected chi connectivity index (χ4v) is 3.43. The molecule has 200 valence electrons. The van der Waals surface area contributed by atoms with Gasteiger partial charge in [-0.05, 0) is 59.0 Å². The predicted molar refractivity (Wildman–Crippen MR) is 137 cm³/mol. The standard InChI is InChI=1S/C27H51NO6/c1-28(2)25(24-34-22-18-20-27(30)32-4)23-33-21-17-15-13-11-9-7-5-6-8-10-12-14-16-19-26(29)31-3/h6,8,25H,5,7,9-24H2,1-4H3. The SMILES string of the molecule is COC(=O)CCCCCC=CCCCCCCCCOCC(COCCCC(=O)OC)N(C)C. The summed E-state index contributed by atoms with van der Waals surface area (Å²) >= 11 is 0. The minimum atomic E-state index is -0.190. The van der Waals surface area contributed by atoms with E-state index in [1.54, 1.807) is 0 Å². The van der Waals surface area contributed by atoms with Crippen molar-refractivity contribution in [3.63, 3.8) is 0 Å². The van der Waals surface area contributed by atoms with Gasteiger partial charge in [0.15, 0.2) is 0 Å². The highest BCUT2D eigenvalue weighted by molar-refractivity contribution is 5.69. The van der Waals surface area contributed by atoms with Crippen molar-refractivity contribution in [2.24, 2.45) is 0 Å². The summed E-state index contributed by atoms with van der Waals surface area (Å²) in [6.45, 7) is 2.64. The number of hydrogen-bond acceptors (Lipinski definition) is 7. The van der Waals surface area contributed by atoms with Crippen molar-refractivity contribution in [2.75, 3.05) is 54.7 Å². The second-order valence-electron chi connectivity index (χ2n) is 9.00. The van der Waals surface area contributed by atoms with Gasteiger partial charge in [-0.25, -0.2) is 0 Å². The number of methoxy groups -OCH3 is 2. The zero-order valence-corrected chi connectivity index (χ0v) is 22.4. The van der Waals surface area contributed by atoms with Crippen LogP contribution in [0.25, 0.3) is 0 Å². The van der Waals surface area contributed by atoms with Gasteiger partial charge in [-0.3, -0.25) is 9.59 Å².